The molecule has 0 aliphatic carbocycles. The lowest BCUT2D eigenvalue weighted by molar-refractivity contribution is -0.139. The molecule has 0 aromatic carbocycles. The summed E-state index contributed by atoms with van der Waals surface area (Å²) in [5, 5.41) is 8.93. The van der Waals surface area contributed by atoms with E-state index in [4.69, 9.17) is 5.11 Å². The minimum atomic E-state index is -0.797. The minimum Gasteiger partial charge on any atom is -0.480 e. The molecule has 0 atom stereocenters. The van der Waals surface area contributed by atoms with E-state index in [0.29, 0.717) is 6.54 Å². The molecule has 6 heteroatoms. The maximum absolute atomic E-state index is 10.9. The average Bonchev–Trinajstić information content (AvgIpc) is 2.42. The second-order valence-electron chi connectivity index (χ2n) is 4.75. The van der Waals surface area contributed by atoms with E-state index in [2.05, 4.69) is 31.9 Å². The van der Waals surface area contributed by atoms with Crippen LogP contribution in [-0.2, 0) is 11.3 Å². The number of halogens is 2. The third-order valence-electron chi connectivity index (χ3n) is 2.32. The van der Waals surface area contributed by atoms with Crippen LogP contribution in [0.25, 0.3) is 0 Å². The molecule has 3 nitrogen and oxygen atoms in total. The minimum absolute atomic E-state index is 0.0522. The number of hydrogen-bond acceptors (Lipinski definition) is 3. The quantitative estimate of drug-likeness (QED) is 0.853. The molecule has 1 aromatic rings. The summed E-state index contributed by atoms with van der Waals surface area (Å²) < 4.78 is 2.05. The van der Waals surface area contributed by atoms with E-state index in [9.17, 15) is 4.79 Å². The Morgan fingerprint density at radius 2 is 2.06 bits per heavy atom. The first-order valence-corrected chi connectivity index (χ1v) is 7.51. The van der Waals surface area contributed by atoms with Crippen molar-refractivity contribution in [3.63, 3.8) is 0 Å². The zero-order chi connectivity index (χ0) is 13.2. The second kappa shape index (κ2) is 5.82. The largest absolute Gasteiger partial charge is 0.480 e. The van der Waals surface area contributed by atoms with Crippen LogP contribution < -0.4 is 0 Å². The number of rotatable bonds is 4. The molecule has 0 amide bonds. The predicted octanol–water partition coefficient (Wildman–Crippen LogP) is 3.96. The number of nitrogens with zero attached hydrogens (tertiary/aromatic N) is 1. The number of thiophene rings is 1. The van der Waals surface area contributed by atoms with Gasteiger partial charge in [-0.2, -0.15) is 0 Å². The van der Waals surface area contributed by atoms with Crippen LogP contribution in [0.2, 0.25) is 0 Å². The Labute approximate surface area is 122 Å². The fraction of sp³-hybridized carbons (Fsp3) is 0.545. The Morgan fingerprint density at radius 1 is 1.47 bits per heavy atom. The zero-order valence-corrected chi connectivity index (χ0v) is 13.9. The molecule has 0 fully saturated rings. The topological polar surface area (TPSA) is 40.5 Å². The fourth-order valence-electron chi connectivity index (χ4n) is 1.35. The Bertz CT molecular complexity index is 393. The lowest BCUT2D eigenvalue weighted by Gasteiger charge is -2.33. The van der Waals surface area contributed by atoms with Crippen molar-refractivity contribution in [1.82, 2.24) is 4.90 Å². The van der Waals surface area contributed by atoms with Gasteiger partial charge in [0.2, 0.25) is 0 Å². The fourth-order valence-corrected chi connectivity index (χ4v) is 3.54. The van der Waals surface area contributed by atoms with Crippen LogP contribution in [-0.4, -0.2) is 28.1 Å². The maximum Gasteiger partial charge on any atom is 0.317 e. The van der Waals surface area contributed by atoms with Gasteiger partial charge >= 0.3 is 5.97 Å². The van der Waals surface area contributed by atoms with Gasteiger partial charge in [0, 0.05) is 21.4 Å². The van der Waals surface area contributed by atoms with Gasteiger partial charge < -0.3 is 5.11 Å². The molecule has 1 N–H and O–H groups in total. The first-order chi connectivity index (χ1) is 7.70. The molecule has 1 aromatic heterocycles. The predicted molar refractivity (Wildman–Crippen MR) is 77.5 cm³/mol. The summed E-state index contributed by atoms with van der Waals surface area (Å²) in [5.41, 5.74) is -0.165. The van der Waals surface area contributed by atoms with E-state index < -0.39 is 5.97 Å². The Balaban J connectivity index is 2.82. The van der Waals surface area contributed by atoms with Crippen LogP contribution in [0.15, 0.2) is 14.3 Å². The van der Waals surface area contributed by atoms with Crippen molar-refractivity contribution < 1.29 is 9.90 Å². The van der Waals surface area contributed by atoms with Gasteiger partial charge in [0.1, 0.15) is 0 Å². The molecule has 17 heavy (non-hydrogen) atoms. The highest BCUT2D eigenvalue weighted by atomic mass is 79.9. The highest BCUT2D eigenvalue weighted by Crippen LogP contribution is 2.33. The van der Waals surface area contributed by atoms with Gasteiger partial charge in [0.15, 0.2) is 0 Å². The molecular weight excluding hydrogens is 370 g/mol. The van der Waals surface area contributed by atoms with Gasteiger partial charge in [-0.1, -0.05) is 0 Å². The van der Waals surface area contributed by atoms with Crippen molar-refractivity contribution in [2.45, 2.75) is 32.9 Å². The second-order valence-corrected chi connectivity index (χ2v) is 8.06. The van der Waals surface area contributed by atoms with Crippen molar-refractivity contribution in [2.75, 3.05) is 6.54 Å². The van der Waals surface area contributed by atoms with E-state index >= 15 is 0 Å². The van der Waals surface area contributed by atoms with Crippen molar-refractivity contribution in [1.29, 1.82) is 0 Å². The number of carbonyl (C=O) groups is 1. The maximum atomic E-state index is 10.9. The monoisotopic (exact) mass is 383 g/mol. The summed E-state index contributed by atoms with van der Waals surface area (Å²) >= 11 is 8.50. The third kappa shape index (κ3) is 4.69. The standard InChI is InChI=1S/C11H15Br2NO2S/c1-11(2,3)14(6-9(15)16)5-7-4-8(12)10(13)17-7/h4H,5-6H2,1-3H3,(H,15,16). The lowest BCUT2D eigenvalue weighted by Crippen LogP contribution is -2.43. The summed E-state index contributed by atoms with van der Waals surface area (Å²) in [7, 11) is 0. The van der Waals surface area contributed by atoms with Gasteiger partial charge in [0.05, 0.1) is 10.3 Å². The summed E-state index contributed by atoms with van der Waals surface area (Å²) in [5.74, 6) is -0.797. The smallest absolute Gasteiger partial charge is 0.317 e. The van der Waals surface area contributed by atoms with Gasteiger partial charge in [0.25, 0.3) is 0 Å². The first kappa shape index (κ1) is 15.1. The Hall–Kier alpha value is 0.0900. The lowest BCUT2D eigenvalue weighted by atomic mass is 10.1. The first-order valence-electron chi connectivity index (χ1n) is 5.10. The molecule has 0 aliphatic rings. The molecule has 0 aliphatic heterocycles. The molecule has 0 saturated carbocycles. The molecule has 0 unspecified atom stereocenters. The van der Waals surface area contributed by atoms with E-state index in [1.54, 1.807) is 11.3 Å². The summed E-state index contributed by atoms with van der Waals surface area (Å²) in [4.78, 5) is 13.9. The van der Waals surface area contributed by atoms with Crippen molar-refractivity contribution in [3.8, 4) is 0 Å². The third-order valence-corrected chi connectivity index (χ3v) is 5.56. The van der Waals surface area contributed by atoms with Crippen LogP contribution in [0.5, 0.6) is 0 Å². The normalized spacial score (nSPS) is 12.1. The Morgan fingerprint density at radius 3 is 2.41 bits per heavy atom. The number of hydrogen-bond donors (Lipinski definition) is 1. The van der Waals surface area contributed by atoms with E-state index in [1.807, 2.05) is 31.7 Å². The van der Waals surface area contributed by atoms with Gasteiger partial charge in [-0.25, -0.2) is 0 Å². The number of carboxylic acids is 1. The summed E-state index contributed by atoms with van der Waals surface area (Å²) in [6, 6.07) is 2.02. The highest BCUT2D eigenvalue weighted by Gasteiger charge is 2.24. The molecule has 0 saturated heterocycles. The van der Waals surface area contributed by atoms with Crippen LogP contribution in [0.4, 0.5) is 0 Å². The van der Waals surface area contributed by atoms with Gasteiger partial charge in [-0.3, -0.25) is 9.69 Å². The van der Waals surface area contributed by atoms with Gasteiger partial charge in [-0.15, -0.1) is 11.3 Å². The molecule has 0 spiro atoms. The van der Waals surface area contributed by atoms with E-state index in [1.165, 1.54) is 0 Å². The van der Waals surface area contributed by atoms with E-state index in [-0.39, 0.29) is 12.1 Å². The van der Waals surface area contributed by atoms with Crippen LogP contribution in [0.3, 0.4) is 0 Å². The van der Waals surface area contributed by atoms with Crippen molar-refractivity contribution >= 4 is 49.2 Å². The van der Waals surface area contributed by atoms with Crippen molar-refractivity contribution in [3.05, 3.63) is 19.2 Å². The number of aliphatic carboxylic acids is 1. The summed E-state index contributed by atoms with van der Waals surface area (Å²) in [6.45, 7) is 6.76. The molecule has 1 rings (SSSR count). The van der Waals surface area contributed by atoms with E-state index in [0.717, 1.165) is 13.1 Å². The van der Waals surface area contributed by atoms with Crippen LogP contribution in [0, 0.1) is 0 Å². The Kier molecular flexibility index (Phi) is 5.19. The molecule has 1 heterocycles. The van der Waals surface area contributed by atoms with Crippen LogP contribution in [0.1, 0.15) is 25.6 Å². The van der Waals surface area contributed by atoms with Gasteiger partial charge in [-0.05, 0) is 58.7 Å². The molecule has 0 bridgehead atoms. The molecule has 0 radical (unpaired) electrons. The SMILES string of the molecule is CC(C)(C)N(CC(=O)O)Cc1cc(Br)c(Br)s1. The zero-order valence-electron chi connectivity index (χ0n) is 9.96. The number of carboxylic acid groups (broad SMARTS) is 1. The average molecular weight is 385 g/mol. The van der Waals surface area contributed by atoms with Crippen molar-refractivity contribution in [2.24, 2.45) is 0 Å². The summed E-state index contributed by atoms with van der Waals surface area (Å²) in [6.07, 6.45) is 0. The molecular formula is C11H15Br2NO2S. The molecule has 96 valence electrons. The highest BCUT2D eigenvalue weighted by molar-refractivity contribution is 9.13. The van der Waals surface area contributed by atoms with Crippen LogP contribution >= 0.6 is 43.2 Å².